The van der Waals surface area contributed by atoms with Crippen LogP contribution in [0.25, 0.3) is 0 Å². The van der Waals surface area contributed by atoms with Crippen LogP contribution >= 0.6 is 0 Å². The Hall–Kier alpha value is -2.91. The minimum atomic E-state index is -1.27. The van der Waals surface area contributed by atoms with Crippen LogP contribution in [0.5, 0.6) is 0 Å². The molecule has 4 saturated carbocycles. The van der Waals surface area contributed by atoms with Crippen molar-refractivity contribution in [2.24, 2.45) is 44.3 Å². The lowest BCUT2D eigenvalue weighted by atomic mass is 9.33. The molecule has 0 aromatic carbocycles. The van der Waals surface area contributed by atoms with E-state index in [4.69, 9.17) is 23.7 Å². The molecular formula is C38H56O10. The highest BCUT2D eigenvalue weighted by atomic mass is 16.6. The molecule has 0 spiro atoms. The summed E-state index contributed by atoms with van der Waals surface area (Å²) in [6.07, 6.45) is 3.38. The van der Waals surface area contributed by atoms with Crippen LogP contribution in [0.1, 0.15) is 120 Å². The molecule has 0 N–H and O–H groups in total. The molecule has 5 aliphatic carbocycles. The van der Waals surface area contributed by atoms with Crippen LogP contribution < -0.4 is 0 Å². The van der Waals surface area contributed by atoms with Crippen LogP contribution in [-0.4, -0.2) is 62.4 Å². The van der Waals surface area contributed by atoms with Gasteiger partial charge in [-0.2, -0.15) is 0 Å². The molecule has 0 aliphatic heterocycles. The molecule has 4 fully saturated rings. The Bertz CT molecular complexity index is 1430. The summed E-state index contributed by atoms with van der Waals surface area (Å²) in [5.41, 5.74) is -1.29. The van der Waals surface area contributed by atoms with Crippen LogP contribution in [0.3, 0.4) is 0 Å². The number of rotatable bonds is 5. The molecule has 268 valence electrons. The topological polar surface area (TPSA) is 132 Å². The van der Waals surface area contributed by atoms with Crippen LogP contribution in [0.15, 0.2) is 11.1 Å². The normalized spacial score (nSPS) is 42.9. The summed E-state index contributed by atoms with van der Waals surface area (Å²) in [6, 6.07) is 0. The summed E-state index contributed by atoms with van der Waals surface area (Å²) < 4.78 is 28.9. The SMILES string of the molecule is COC(=O)C12CCC(C)(C)CC1=C1CCC3C4(C)CC(OC(C)=O)C(OC(C)=O)C(C)(C(=O)OC)C4CCC3(C)C1(C)CC2OC(C)=O. The molecule has 10 nitrogen and oxygen atoms in total. The van der Waals surface area contributed by atoms with Gasteiger partial charge in [-0.1, -0.05) is 40.2 Å². The van der Waals surface area contributed by atoms with Crippen molar-refractivity contribution in [3.8, 4) is 0 Å². The third-order valence-corrected chi connectivity index (χ3v) is 14.2. The lowest BCUT2D eigenvalue weighted by Crippen LogP contribution is -2.70. The Labute approximate surface area is 285 Å². The van der Waals surface area contributed by atoms with Crippen LogP contribution in [-0.2, 0) is 47.7 Å². The number of methoxy groups -OCH3 is 2. The van der Waals surface area contributed by atoms with Crippen LogP contribution in [0.2, 0.25) is 0 Å². The van der Waals surface area contributed by atoms with Crippen molar-refractivity contribution in [2.45, 2.75) is 138 Å². The van der Waals surface area contributed by atoms with Gasteiger partial charge in [0.2, 0.25) is 0 Å². The predicted molar refractivity (Wildman–Crippen MR) is 175 cm³/mol. The second-order valence-electron chi connectivity index (χ2n) is 17.2. The maximum Gasteiger partial charge on any atom is 0.319 e. The number of ether oxygens (including phenoxy) is 5. The largest absolute Gasteiger partial charge is 0.468 e. The van der Waals surface area contributed by atoms with Gasteiger partial charge in [-0.25, -0.2) is 0 Å². The molecule has 48 heavy (non-hydrogen) atoms. The van der Waals surface area contributed by atoms with Crippen LogP contribution in [0.4, 0.5) is 0 Å². The molecule has 0 aromatic heterocycles. The van der Waals surface area contributed by atoms with Gasteiger partial charge in [0.1, 0.15) is 23.0 Å². The minimum absolute atomic E-state index is 0.0467. The molecule has 0 aromatic rings. The van der Waals surface area contributed by atoms with Crippen molar-refractivity contribution in [1.29, 1.82) is 0 Å². The Balaban J connectivity index is 1.71. The average Bonchev–Trinajstić information content (AvgIpc) is 2.97. The van der Waals surface area contributed by atoms with Crippen LogP contribution in [0, 0.1) is 44.3 Å². The highest BCUT2D eigenvalue weighted by molar-refractivity contribution is 5.84. The molecule has 0 radical (unpaired) electrons. The number of hydrogen-bond donors (Lipinski definition) is 0. The summed E-state index contributed by atoms with van der Waals surface area (Å²) in [7, 11) is 2.76. The highest BCUT2D eigenvalue weighted by Gasteiger charge is 2.74. The first-order chi connectivity index (χ1) is 22.2. The molecular weight excluding hydrogens is 616 g/mol. The van der Waals surface area contributed by atoms with Crippen molar-refractivity contribution in [3.63, 3.8) is 0 Å². The maximum atomic E-state index is 13.9. The van der Waals surface area contributed by atoms with Gasteiger partial charge < -0.3 is 23.7 Å². The fourth-order valence-corrected chi connectivity index (χ4v) is 12.1. The van der Waals surface area contributed by atoms with E-state index in [9.17, 15) is 24.0 Å². The molecule has 0 saturated heterocycles. The van der Waals surface area contributed by atoms with Crippen molar-refractivity contribution in [3.05, 3.63) is 11.1 Å². The molecule has 0 heterocycles. The van der Waals surface area contributed by atoms with Crippen molar-refractivity contribution in [2.75, 3.05) is 14.2 Å². The second kappa shape index (κ2) is 11.9. The molecule has 5 rings (SSSR count). The number of carbonyl (C=O) groups excluding carboxylic acids is 5. The van der Waals surface area contributed by atoms with Crippen molar-refractivity contribution in [1.82, 2.24) is 0 Å². The standard InChI is InChI=1S/C38H56O10/c1-21(39)46-26-19-34(6)27-13-12-24-25-18-33(4,5)16-17-38(25,32(43)45-11)29(47-22(2)40)20-36(24,8)35(27,7)15-14-28(34)37(9,31(42)44-10)30(26)48-23(3)41/h26-30H,12-20H2,1-11H3. The monoisotopic (exact) mass is 672 g/mol. The molecule has 10 heteroatoms. The first-order valence-electron chi connectivity index (χ1n) is 17.6. The second-order valence-corrected chi connectivity index (χ2v) is 17.2. The summed E-state index contributed by atoms with van der Waals surface area (Å²) in [5.74, 6) is -2.49. The van der Waals surface area contributed by atoms with Gasteiger partial charge in [0.05, 0.1) is 14.2 Å². The number of hydrogen-bond acceptors (Lipinski definition) is 10. The Morgan fingerprint density at radius 3 is 1.83 bits per heavy atom. The fourth-order valence-electron chi connectivity index (χ4n) is 12.1. The van der Waals surface area contributed by atoms with E-state index in [2.05, 4.69) is 34.6 Å². The molecule has 0 bridgehead atoms. The first kappa shape index (κ1) is 36.4. The number of allylic oxidation sites excluding steroid dienone is 1. The summed E-state index contributed by atoms with van der Waals surface area (Å²) >= 11 is 0. The van der Waals surface area contributed by atoms with E-state index in [0.29, 0.717) is 32.1 Å². The quantitative estimate of drug-likeness (QED) is 0.187. The smallest absolute Gasteiger partial charge is 0.319 e. The lowest BCUT2D eigenvalue weighted by molar-refractivity contribution is -0.254. The highest BCUT2D eigenvalue weighted by Crippen LogP contribution is 2.76. The Morgan fingerprint density at radius 2 is 1.27 bits per heavy atom. The van der Waals surface area contributed by atoms with E-state index in [-0.39, 0.29) is 28.6 Å². The fraction of sp³-hybridized carbons (Fsp3) is 0.816. The first-order valence-corrected chi connectivity index (χ1v) is 17.6. The lowest BCUT2D eigenvalue weighted by Gasteiger charge is -2.71. The van der Waals surface area contributed by atoms with Gasteiger partial charge in [-0.3, -0.25) is 24.0 Å². The van der Waals surface area contributed by atoms with E-state index in [1.807, 2.05) is 0 Å². The van der Waals surface area contributed by atoms with Crippen molar-refractivity contribution >= 4 is 29.8 Å². The maximum absolute atomic E-state index is 13.9. The van der Waals surface area contributed by atoms with E-state index < -0.39 is 63.8 Å². The molecule has 5 aliphatic rings. The van der Waals surface area contributed by atoms with Gasteiger partial charge in [0.25, 0.3) is 0 Å². The Morgan fingerprint density at radius 1 is 0.667 bits per heavy atom. The van der Waals surface area contributed by atoms with E-state index in [1.165, 1.54) is 40.6 Å². The van der Waals surface area contributed by atoms with Gasteiger partial charge >= 0.3 is 29.8 Å². The Kier molecular flexibility index (Phi) is 8.99. The number of carbonyl (C=O) groups is 5. The zero-order valence-corrected chi connectivity index (χ0v) is 30.8. The predicted octanol–water partition coefficient (Wildman–Crippen LogP) is 6.27. The van der Waals surface area contributed by atoms with E-state index in [1.54, 1.807) is 6.92 Å². The number of esters is 5. The number of fused-ring (bicyclic) bond motifs is 6. The molecule has 0 amide bonds. The van der Waals surface area contributed by atoms with Gasteiger partial charge in [-0.05, 0) is 104 Å². The van der Waals surface area contributed by atoms with E-state index >= 15 is 0 Å². The third-order valence-electron chi connectivity index (χ3n) is 14.2. The third kappa shape index (κ3) is 5.04. The molecule has 10 atom stereocenters. The summed E-state index contributed by atoms with van der Waals surface area (Å²) in [5, 5.41) is 0. The summed E-state index contributed by atoms with van der Waals surface area (Å²) in [6.45, 7) is 17.1. The summed E-state index contributed by atoms with van der Waals surface area (Å²) in [4.78, 5) is 65.5. The zero-order valence-electron chi connectivity index (χ0n) is 30.8. The van der Waals surface area contributed by atoms with Gasteiger partial charge in [0.15, 0.2) is 6.10 Å². The molecule has 10 unspecified atom stereocenters. The van der Waals surface area contributed by atoms with Gasteiger partial charge in [-0.15, -0.1) is 0 Å². The average molecular weight is 673 g/mol. The zero-order chi connectivity index (χ0) is 35.8. The van der Waals surface area contributed by atoms with Gasteiger partial charge in [0, 0.05) is 20.8 Å². The van der Waals surface area contributed by atoms with Crippen molar-refractivity contribution < 1.29 is 47.7 Å². The van der Waals surface area contributed by atoms with E-state index in [0.717, 1.165) is 31.3 Å². The minimum Gasteiger partial charge on any atom is -0.468 e.